The highest BCUT2D eigenvalue weighted by molar-refractivity contribution is 7.25. The van der Waals surface area contributed by atoms with Gasteiger partial charge in [-0.1, -0.05) is 109 Å². The maximum atomic E-state index is 3.54. The van der Waals surface area contributed by atoms with E-state index in [1.54, 1.807) is 0 Å². The summed E-state index contributed by atoms with van der Waals surface area (Å²) in [5, 5.41) is 6.22. The number of hydrogen-bond acceptors (Lipinski definition) is 2. The van der Waals surface area contributed by atoms with E-state index in [1.165, 1.54) is 53.6 Å². The molecule has 1 aromatic heterocycles. The Kier molecular flexibility index (Phi) is 5.73. The van der Waals surface area contributed by atoms with Gasteiger partial charge in [0.05, 0.1) is 0 Å². The van der Waals surface area contributed by atoms with Crippen LogP contribution in [0, 0.1) is 0 Å². The van der Waals surface area contributed by atoms with Gasteiger partial charge < -0.3 is 5.32 Å². The molecule has 0 spiro atoms. The smallest absolute Gasteiger partial charge is 0.0384 e. The van der Waals surface area contributed by atoms with E-state index in [4.69, 9.17) is 0 Å². The van der Waals surface area contributed by atoms with Crippen molar-refractivity contribution in [1.29, 1.82) is 0 Å². The second-order valence-electron chi connectivity index (χ2n) is 9.53. The van der Waals surface area contributed by atoms with E-state index in [2.05, 4.69) is 151 Å². The molecule has 0 radical (unpaired) electrons. The van der Waals surface area contributed by atoms with Crippen LogP contribution < -0.4 is 5.32 Å². The van der Waals surface area contributed by atoms with Gasteiger partial charge in [0.25, 0.3) is 0 Å². The van der Waals surface area contributed by atoms with Gasteiger partial charge in [0.15, 0.2) is 0 Å². The number of hydrogen-bond donors (Lipinski definition) is 1. The van der Waals surface area contributed by atoms with Crippen molar-refractivity contribution in [2.24, 2.45) is 0 Å². The van der Waals surface area contributed by atoms with Crippen LogP contribution in [-0.2, 0) is 0 Å². The Hall–Kier alpha value is -4.66. The first kappa shape index (κ1) is 22.5. The molecule has 0 aliphatic heterocycles. The third kappa shape index (κ3) is 4.36. The van der Waals surface area contributed by atoms with E-state index in [0.717, 1.165) is 11.4 Å². The number of fused-ring (bicyclic) bond motifs is 3. The van der Waals surface area contributed by atoms with Crippen molar-refractivity contribution < 1.29 is 0 Å². The van der Waals surface area contributed by atoms with Crippen molar-refractivity contribution in [2.75, 3.05) is 5.32 Å². The van der Waals surface area contributed by atoms with E-state index in [0.29, 0.717) is 0 Å². The van der Waals surface area contributed by atoms with Gasteiger partial charge >= 0.3 is 0 Å². The topological polar surface area (TPSA) is 12.0 Å². The van der Waals surface area contributed by atoms with Crippen molar-refractivity contribution >= 4 is 42.9 Å². The first-order valence-electron chi connectivity index (χ1n) is 12.8. The monoisotopic (exact) mass is 503 g/mol. The molecule has 1 nitrogen and oxygen atoms in total. The van der Waals surface area contributed by atoms with E-state index in [1.807, 2.05) is 11.3 Å². The lowest BCUT2D eigenvalue weighted by Crippen LogP contribution is -1.90. The molecule has 0 aliphatic carbocycles. The van der Waals surface area contributed by atoms with Gasteiger partial charge in [-0.05, 0) is 69.8 Å². The molecule has 0 saturated heterocycles. The summed E-state index contributed by atoms with van der Waals surface area (Å²) in [5.74, 6) is 0. The normalized spacial score (nSPS) is 11.2. The van der Waals surface area contributed by atoms with E-state index in [9.17, 15) is 0 Å². The van der Waals surface area contributed by atoms with Crippen molar-refractivity contribution in [3.63, 3.8) is 0 Å². The summed E-state index contributed by atoms with van der Waals surface area (Å²) in [6.07, 6.45) is 0. The number of thiophene rings is 1. The summed E-state index contributed by atoms with van der Waals surface area (Å²) in [4.78, 5) is 0. The largest absolute Gasteiger partial charge is 0.356 e. The Balaban J connectivity index is 1.06. The third-order valence-electron chi connectivity index (χ3n) is 7.10. The van der Waals surface area contributed by atoms with Crippen LogP contribution in [-0.4, -0.2) is 0 Å². The molecular weight excluding hydrogens is 478 g/mol. The summed E-state index contributed by atoms with van der Waals surface area (Å²) in [7, 11) is 0. The van der Waals surface area contributed by atoms with Gasteiger partial charge in [0.2, 0.25) is 0 Å². The van der Waals surface area contributed by atoms with Gasteiger partial charge in [-0.25, -0.2) is 0 Å². The zero-order valence-corrected chi connectivity index (χ0v) is 21.6. The molecular formula is C36H25NS. The molecule has 0 fully saturated rings. The van der Waals surface area contributed by atoms with E-state index < -0.39 is 0 Å². The zero-order valence-electron chi connectivity index (χ0n) is 20.8. The summed E-state index contributed by atoms with van der Waals surface area (Å²) in [6.45, 7) is 0. The number of rotatable bonds is 5. The Bertz CT molecular complexity index is 1850. The minimum absolute atomic E-state index is 1.08. The standard InChI is InChI=1S/C36H25NS/c1-2-6-25(7-3-1)26-10-12-27(13-11-26)28-14-19-31(20-15-28)37-32-21-16-29(17-22-32)30-18-23-34-33-8-4-5-9-35(33)38-36(34)24-30/h1-24,37H. The number of benzene rings is 6. The lowest BCUT2D eigenvalue weighted by atomic mass is 10.0. The van der Waals surface area contributed by atoms with Crippen LogP contribution in [0.1, 0.15) is 0 Å². The Labute approximate surface area is 226 Å². The first-order valence-corrected chi connectivity index (χ1v) is 13.7. The SMILES string of the molecule is c1ccc(-c2ccc(-c3ccc(Nc4ccc(-c5ccc6c(c5)sc5ccccc56)cc4)cc3)cc2)cc1. The van der Waals surface area contributed by atoms with Crippen LogP contribution in [0.3, 0.4) is 0 Å². The molecule has 2 heteroatoms. The quantitative estimate of drug-likeness (QED) is 0.246. The highest BCUT2D eigenvalue weighted by atomic mass is 32.1. The van der Waals surface area contributed by atoms with Gasteiger partial charge in [0.1, 0.15) is 0 Å². The molecule has 7 rings (SSSR count). The summed E-state index contributed by atoms with van der Waals surface area (Å²) in [5.41, 5.74) is 9.54. The van der Waals surface area contributed by atoms with E-state index in [-0.39, 0.29) is 0 Å². The Morgan fingerprint density at radius 1 is 0.342 bits per heavy atom. The van der Waals surface area contributed by atoms with Crippen LogP contribution in [0.5, 0.6) is 0 Å². The Morgan fingerprint density at radius 2 is 0.789 bits per heavy atom. The van der Waals surface area contributed by atoms with Crippen LogP contribution in [0.2, 0.25) is 0 Å². The summed E-state index contributed by atoms with van der Waals surface area (Å²) < 4.78 is 2.68. The lowest BCUT2D eigenvalue weighted by molar-refractivity contribution is 1.53. The summed E-state index contributed by atoms with van der Waals surface area (Å²) in [6, 6.07) is 52.0. The van der Waals surface area contributed by atoms with Crippen molar-refractivity contribution in [3.8, 4) is 33.4 Å². The molecule has 0 atom stereocenters. The number of nitrogens with one attached hydrogen (secondary N) is 1. The first-order chi connectivity index (χ1) is 18.8. The lowest BCUT2D eigenvalue weighted by Gasteiger charge is -2.10. The third-order valence-corrected chi connectivity index (χ3v) is 8.23. The molecule has 7 aromatic rings. The molecule has 180 valence electrons. The summed E-state index contributed by atoms with van der Waals surface area (Å²) >= 11 is 1.86. The van der Waals surface area contributed by atoms with Crippen molar-refractivity contribution in [1.82, 2.24) is 0 Å². The molecule has 0 aliphatic rings. The van der Waals surface area contributed by atoms with Gasteiger partial charge in [-0.3, -0.25) is 0 Å². The molecule has 0 amide bonds. The molecule has 0 bridgehead atoms. The van der Waals surface area contributed by atoms with Crippen LogP contribution in [0.15, 0.2) is 146 Å². The molecule has 1 N–H and O–H groups in total. The molecule has 38 heavy (non-hydrogen) atoms. The second-order valence-corrected chi connectivity index (χ2v) is 10.6. The van der Waals surface area contributed by atoms with Crippen molar-refractivity contribution in [2.45, 2.75) is 0 Å². The van der Waals surface area contributed by atoms with Crippen LogP contribution in [0.25, 0.3) is 53.6 Å². The maximum absolute atomic E-state index is 3.54. The fourth-order valence-corrected chi connectivity index (χ4v) is 6.20. The minimum atomic E-state index is 1.08. The average molecular weight is 504 g/mol. The van der Waals surface area contributed by atoms with Crippen LogP contribution >= 0.6 is 11.3 Å². The number of anilines is 2. The predicted octanol–water partition coefficient (Wildman–Crippen LogP) is 10.8. The van der Waals surface area contributed by atoms with Gasteiger partial charge in [-0.2, -0.15) is 0 Å². The molecule has 1 heterocycles. The fraction of sp³-hybridized carbons (Fsp3) is 0. The molecule has 0 saturated carbocycles. The predicted molar refractivity (Wildman–Crippen MR) is 165 cm³/mol. The van der Waals surface area contributed by atoms with Gasteiger partial charge in [0, 0.05) is 31.5 Å². The zero-order chi connectivity index (χ0) is 25.3. The van der Waals surface area contributed by atoms with Crippen LogP contribution in [0.4, 0.5) is 11.4 Å². The second kappa shape index (κ2) is 9.66. The highest BCUT2D eigenvalue weighted by Gasteiger charge is 2.07. The fourth-order valence-electron chi connectivity index (χ4n) is 5.05. The maximum Gasteiger partial charge on any atom is 0.0384 e. The average Bonchev–Trinajstić information content (AvgIpc) is 3.36. The Morgan fingerprint density at radius 3 is 1.42 bits per heavy atom. The minimum Gasteiger partial charge on any atom is -0.356 e. The van der Waals surface area contributed by atoms with Crippen molar-refractivity contribution in [3.05, 3.63) is 146 Å². The molecule has 0 unspecified atom stereocenters. The van der Waals surface area contributed by atoms with E-state index >= 15 is 0 Å². The molecule has 6 aromatic carbocycles. The highest BCUT2D eigenvalue weighted by Crippen LogP contribution is 2.36. The van der Waals surface area contributed by atoms with Gasteiger partial charge in [-0.15, -0.1) is 11.3 Å².